The molecule has 4 aliphatic rings. The monoisotopic (exact) mass is 385 g/mol. The van der Waals surface area contributed by atoms with Crippen LogP contribution >= 0.6 is 0 Å². The summed E-state index contributed by atoms with van der Waals surface area (Å²) >= 11 is 0. The Kier molecular flexibility index (Phi) is 4.65. The zero-order valence-electron chi connectivity index (χ0n) is 17.5. The van der Waals surface area contributed by atoms with Crippen molar-refractivity contribution in [1.82, 2.24) is 0 Å². The second kappa shape index (κ2) is 6.55. The van der Waals surface area contributed by atoms with Gasteiger partial charge in [0.1, 0.15) is 0 Å². The molecule has 154 valence electrons. The van der Waals surface area contributed by atoms with Crippen molar-refractivity contribution >= 4 is 11.8 Å². The second-order valence-electron chi connectivity index (χ2n) is 10.5. The Hall–Kier alpha value is -1.42. The first-order chi connectivity index (χ1) is 13.1. The Balaban J connectivity index is 1.63. The number of hydrogen-bond donors (Lipinski definition) is 2. The van der Waals surface area contributed by atoms with Crippen molar-refractivity contribution in [2.45, 2.75) is 77.7 Å². The number of carboxylic acid groups (broad SMARTS) is 1. The zero-order chi connectivity index (χ0) is 20.3. The summed E-state index contributed by atoms with van der Waals surface area (Å²) in [5.74, 6) is 1.41. The van der Waals surface area contributed by atoms with Gasteiger partial charge in [-0.2, -0.15) is 0 Å². The van der Waals surface area contributed by atoms with E-state index in [1.807, 2.05) is 6.08 Å². The molecule has 3 fully saturated rings. The molecule has 3 saturated carbocycles. The van der Waals surface area contributed by atoms with Crippen LogP contribution in [0.15, 0.2) is 23.8 Å². The maximum atomic E-state index is 12.0. The predicted molar refractivity (Wildman–Crippen MR) is 110 cm³/mol. The maximum Gasteiger partial charge on any atom is 0.327 e. The molecule has 28 heavy (non-hydrogen) atoms. The SMILES string of the molecule is C[C@H](/C=C/C(=O)O)[C@@]1(N)CCC2C3CCC4=CC(=O)CC[C@]4(C)C3CC[C@@]21C. The molecule has 0 amide bonds. The number of carbonyl (C=O) groups is 2. The van der Waals surface area contributed by atoms with E-state index in [-0.39, 0.29) is 22.3 Å². The van der Waals surface area contributed by atoms with Crippen LogP contribution in [0.1, 0.15) is 72.1 Å². The van der Waals surface area contributed by atoms with Crippen LogP contribution in [0.2, 0.25) is 0 Å². The van der Waals surface area contributed by atoms with Crippen molar-refractivity contribution < 1.29 is 14.7 Å². The molecular weight excluding hydrogens is 350 g/mol. The summed E-state index contributed by atoms with van der Waals surface area (Å²) in [5, 5.41) is 9.04. The highest BCUT2D eigenvalue weighted by molar-refractivity contribution is 5.91. The minimum Gasteiger partial charge on any atom is -0.478 e. The van der Waals surface area contributed by atoms with Crippen molar-refractivity contribution in [2.24, 2.45) is 40.2 Å². The van der Waals surface area contributed by atoms with Gasteiger partial charge in [0.25, 0.3) is 0 Å². The predicted octanol–water partition coefficient (Wildman–Crippen LogP) is 4.49. The number of ketones is 1. The number of hydrogen-bond acceptors (Lipinski definition) is 3. The lowest BCUT2D eigenvalue weighted by Gasteiger charge is -2.60. The number of carbonyl (C=O) groups excluding carboxylic acids is 1. The Bertz CT molecular complexity index is 755. The minimum atomic E-state index is -0.898. The van der Waals surface area contributed by atoms with Gasteiger partial charge in [-0.1, -0.05) is 32.4 Å². The average molecular weight is 386 g/mol. The molecule has 4 rings (SSSR count). The van der Waals surface area contributed by atoms with Crippen molar-refractivity contribution in [3.05, 3.63) is 23.8 Å². The molecule has 4 nitrogen and oxygen atoms in total. The summed E-state index contributed by atoms with van der Waals surface area (Å²) < 4.78 is 0. The number of fused-ring (bicyclic) bond motifs is 5. The Morgan fingerprint density at radius 1 is 1.18 bits per heavy atom. The lowest BCUT2D eigenvalue weighted by atomic mass is 9.45. The van der Waals surface area contributed by atoms with Gasteiger partial charge < -0.3 is 10.8 Å². The molecule has 4 aliphatic carbocycles. The van der Waals surface area contributed by atoms with Gasteiger partial charge in [0.05, 0.1) is 0 Å². The van der Waals surface area contributed by atoms with Crippen LogP contribution in [-0.2, 0) is 9.59 Å². The van der Waals surface area contributed by atoms with Gasteiger partial charge in [-0.25, -0.2) is 4.79 Å². The van der Waals surface area contributed by atoms with Crippen molar-refractivity contribution in [2.75, 3.05) is 0 Å². The van der Waals surface area contributed by atoms with Gasteiger partial charge >= 0.3 is 5.97 Å². The molecule has 0 radical (unpaired) electrons. The molecule has 0 aromatic carbocycles. The highest BCUT2D eigenvalue weighted by atomic mass is 16.4. The van der Waals surface area contributed by atoms with Crippen molar-refractivity contribution in [1.29, 1.82) is 0 Å². The molecule has 0 aromatic rings. The Labute approximate surface area is 168 Å². The van der Waals surface area contributed by atoms with Gasteiger partial charge in [-0.15, -0.1) is 0 Å². The van der Waals surface area contributed by atoms with Gasteiger partial charge in [-0.3, -0.25) is 4.79 Å². The van der Waals surface area contributed by atoms with Crippen molar-refractivity contribution in [3.8, 4) is 0 Å². The number of aliphatic carboxylic acids is 1. The van der Waals surface area contributed by atoms with Gasteiger partial charge in [0.15, 0.2) is 5.78 Å². The van der Waals surface area contributed by atoms with E-state index in [1.165, 1.54) is 24.5 Å². The summed E-state index contributed by atoms with van der Waals surface area (Å²) in [7, 11) is 0. The molecule has 0 spiro atoms. The lowest BCUT2D eigenvalue weighted by Crippen LogP contribution is -2.60. The lowest BCUT2D eigenvalue weighted by molar-refractivity contribution is -0.131. The zero-order valence-corrected chi connectivity index (χ0v) is 17.5. The highest BCUT2D eigenvalue weighted by Gasteiger charge is 2.63. The Morgan fingerprint density at radius 2 is 1.89 bits per heavy atom. The van der Waals surface area contributed by atoms with E-state index in [0.717, 1.165) is 32.1 Å². The molecule has 3 unspecified atom stereocenters. The molecule has 3 N–H and O–H groups in total. The fourth-order valence-electron chi connectivity index (χ4n) is 7.82. The van der Waals surface area contributed by atoms with E-state index in [0.29, 0.717) is 30.0 Å². The molecule has 0 bridgehead atoms. The summed E-state index contributed by atoms with van der Waals surface area (Å²) in [6.07, 6.45) is 13.4. The summed E-state index contributed by atoms with van der Waals surface area (Å²) in [4.78, 5) is 23.0. The standard InChI is InChI=1S/C24H35NO3/c1-15(4-7-21(27)28)24(25)13-10-20-18-6-5-16-14-17(26)8-11-22(16,2)19(18)9-12-23(20,24)3/h4,7,14-15,18-20H,5-6,8-13,25H2,1-3H3,(H,27,28)/b7-4+/t15-,18?,19?,20?,22+,23+,24+/m1/s1. The van der Waals surface area contributed by atoms with Gasteiger partial charge in [0, 0.05) is 18.0 Å². The fourth-order valence-corrected chi connectivity index (χ4v) is 7.82. The summed E-state index contributed by atoms with van der Waals surface area (Å²) in [5.41, 5.74) is 8.39. The van der Waals surface area contributed by atoms with Crippen LogP contribution < -0.4 is 5.73 Å². The first kappa shape index (κ1) is 19.9. The molecule has 4 heteroatoms. The molecule has 7 atom stereocenters. The normalized spacial score (nSPS) is 46.5. The van der Waals surface area contributed by atoms with Crippen LogP contribution in [0, 0.1) is 34.5 Å². The van der Waals surface area contributed by atoms with Crippen molar-refractivity contribution in [3.63, 3.8) is 0 Å². The average Bonchev–Trinajstić information content (AvgIpc) is 2.92. The third kappa shape index (κ3) is 2.67. The quantitative estimate of drug-likeness (QED) is 0.701. The third-order valence-electron chi connectivity index (χ3n) is 9.62. The minimum absolute atomic E-state index is 0.0529. The Morgan fingerprint density at radius 3 is 2.61 bits per heavy atom. The molecule has 0 aromatic heterocycles. The third-order valence-corrected chi connectivity index (χ3v) is 9.62. The van der Waals surface area contributed by atoms with Crippen LogP contribution in [0.4, 0.5) is 0 Å². The van der Waals surface area contributed by atoms with E-state index in [1.54, 1.807) is 6.08 Å². The van der Waals surface area contributed by atoms with Gasteiger partial charge in [0.2, 0.25) is 0 Å². The molecular formula is C24H35NO3. The number of rotatable bonds is 3. The number of allylic oxidation sites excluding steroid dienone is 1. The molecule has 0 aliphatic heterocycles. The molecule has 0 heterocycles. The smallest absolute Gasteiger partial charge is 0.327 e. The van der Waals surface area contributed by atoms with E-state index in [9.17, 15) is 9.59 Å². The number of carboxylic acids is 1. The number of nitrogens with two attached hydrogens (primary N) is 1. The van der Waals surface area contributed by atoms with Crippen LogP contribution in [0.5, 0.6) is 0 Å². The van der Waals surface area contributed by atoms with Crippen LogP contribution in [0.25, 0.3) is 0 Å². The highest BCUT2D eigenvalue weighted by Crippen LogP contribution is 2.68. The summed E-state index contributed by atoms with van der Waals surface area (Å²) in [6, 6.07) is 0. The van der Waals surface area contributed by atoms with Crippen LogP contribution in [-0.4, -0.2) is 22.4 Å². The molecule has 0 saturated heterocycles. The summed E-state index contributed by atoms with van der Waals surface area (Å²) in [6.45, 7) is 6.88. The maximum absolute atomic E-state index is 12.0. The van der Waals surface area contributed by atoms with Crippen LogP contribution in [0.3, 0.4) is 0 Å². The first-order valence-corrected chi connectivity index (χ1v) is 11.1. The topological polar surface area (TPSA) is 80.4 Å². The van der Waals surface area contributed by atoms with Gasteiger partial charge in [-0.05, 0) is 85.5 Å². The van der Waals surface area contributed by atoms with E-state index in [2.05, 4.69) is 20.8 Å². The first-order valence-electron chi connectivity index (χ1n) is 11.1. The van der Waals surface area contributed by atoms with E-state index < -0.39 is 5.97 Å². The fraction of sp³-hybridized carbons (Fsp3) is 0.750. The van der Waals surface area contributed by atoms with E-state index >= 15 is 0 Å². The van der Waals surface area contributed by atoms with E-state index in [4.69, 9.17) is 10.8 Å². The second-order valence-corrected chi connectivity index (χ2v) is 10.5. The largest absolute Gasteiger partial charge is 0.478 e.